The summed E-state index contributed by atoms with van der Waals surface area (Å²) >= 11 is 0. The standard InChI is InChI=1S/C20H25N3O3S/c1-4-23(14-15-5-8-17(9-6-15)22(2)3)27(25,26)18-10-11-19-16(13-18)7-12-20(24)21-19/h5-6,8-11,13H,4,7,12,14H2,1-3H3,(H,21,24). The van der Waals surface area contributed by atoms with E-state index in [1.165, 1.54) is 4.31 Å². The first-order chi connectivity index (χ1) is 12.8. The molecule has 1 aliphatic rings. The maximum absolute atomic E-state index is 13.1. The summed E-state index contributed by atoms with van der Waals surface area (Å²) in [7, 11) is 0.325. The average molecular weight is 388 g/mol. The summed E-state index contributed by atoms with van der Waals surface area (Å²) in [6.45, 7) is 2.54. The molecule has 0 radical (unpaired) electrons. The molecule has 1 heterocycles. The Morgan fingerprint density at radius 3 is 2.37 bits per heavy atom. The molecule has 2 aromatic rings. The molecule has 1 N–H and O–H groups in total. The number of hydrogen-bond donors (Lipinski definition) is 1. The van der Waals surface area contributed by atoms with Crippen molar-refractivity contribution in [2.75, 3.05) is 30.9 Å². The average Bonchev–Trinajstić information content (AvgIpc) is 2.65. The summed E-state index contributed by atoms with van der Waals surface area (Å²) in [5, 5.41) is 2.78. The van der Waals surface area contributed by atoms with Gasteiger partial charge in [-0.3, -0.25) is 4.79 Å². The molecule has 6 nitrogen and oxygen atoms in total. The lowest BCUT2D eigenvalue weighted by Gasteiger charge is -2.23. The van der Waals surface area contributed by atoms with Crippen LogP contribution in [0.25, 0.3) is 0 Å². The van der Waals surface area contributed by atoms with E-state index in [0.717, 1.165) is 16.8 Å². The molecule has 0 saturated heterocycles. The molecule has 0 saturated carbocycles. The van der Waals surface area contributed by atoms with Crippen molar-refractivity contribution >= 4 is 27.3 Å². The van der Waals surface area contributed by atoms with E-state index in [1.807, 2.05) is 50.2 Å². The largest absolute Gasteiger partial charge is 0.378 e. The number of aryl methyl sites for hydroxylation is 1. The maximum atomic E-state index is 13.1. The summed E-state index contributed by atoms with van der Waals surface area (Å²) in [6.07, 6.45) is 0.939. The van der Waals surface area contributed by atoms with E-state index in [0.29, 0.717) is 31.6 Å². The maximum Gasteiger partial charge on any atom is 0.243 e. The fourth-order valence-electron chi connectivity index (χ4n) is 3.14. The van der Waals surface area contributed by atoms with Crippen LogP contribution in [0.1, 0.15) is 24.5 Å². The molecule has 0 atom stereocenters. The van der Waals surface area contributed by atoms with Gasteiger partial charge in [-0.2, -0.15) is 4.31 Å². The summed E-state index contributed by atoms with van der Waals surface area (Å²) in [4.78, 5) is 13.8. The zero-order valence-electron chi connectivity index (χ0n) is 15.9. The number of hydrogen-bond acceptors (Lipinski definition) is 4. The lowest BCUT2D eigenvalue weighted by Crippen LogP contribution is -2.30. The normalized spacial score (nSPS) is 14.0. The summed E-state index contributed by atoms with van der Waals surface area (Å²) in [6, 6.07) is 12.8. The van der Waals surface area contributed by atoms with Gasteiger partial charge in [-0.05, 0) is 47.9 Å². The van der Waals surface area contributed by atoms with Gasteiger partial charge in [0.1, 0.15) is 0 Å². The van der Waals surface area contributed by atoms with Crippen LogP contribution < -0.4 is 10.2 Å². The number of sulfonamides is 1. The third kappa shape index (κ3) is 4.14. The van der Waals surface area contributed by atoms with Gasteiger partial charge in [0.15, 0.2) is 0 Å². The highest BCUT2D eigenvalue weighted by atomic mass is 32.2. The molecule has 0 aromatic heterocycles. The van der Waals surface area contributed by atoms with Gasteiger partial charge in [0.2, 0.25) is 15.9 Å². The highest BCUT2D eigenvalue weighted by Gasteiger charge is 2.25. The quantitative estimate of drug-likeness (QED) is 0.827. The van der Waals surface area contributed by atoms with Gasteiger partial charge in [0, 0.05) is 45.0 Å². The smallest absolute Gasteiger partial charge is 0.243 e. The highest BCUT2D eigenvalue weighted by molar-refractivity contribution is 7.89. The van der Waals surface area contributed by atoms with Gasteiger partial charge in [-0.15, -0.1) is 0 Å². The van der Waals surface area contributed by atoms with Gasteiger partial charge in [0.25, 0.3) is 0 Å². The molecule has 0 aliphatic carbocycles. The number of nitrogens with one attached hydrogen (secondary N) is 1. The second-order valence-electron chi connectivity index (χ2n) is 6.86. The molecule has 2 aromatic carbocycles. The van der Waals surface area contributed by atoms with Crippen molar-refractivity contribution < 1.29 is 13.2 Å². The molecule has 0 fully saturated rings. The van der Waals surface area contributed by atoms with Crippen molar-refractivity contribution in [2.24, 2.45) is 0 Å². The Kier molecular flexibility index (Phi) is 5.53. The lowest BCUT2D eigenvalue weighted by molar-refractivity contribution is -0.116. The Labute approximate surface area is 160 Å². The monoisotopic (exact) mass is 387 g/mol. The zero-order chi connectivity index (χ0) is 19.6. The zero-order valence-corrected chi connectivity index (χ0v) is 16.7. The summed E-state index contributed by atoms with van der Waals surface area (Å²) in [5.41, 5.74) is 3.58. The van der Waals surface area contributed by atoms with Crippen LogP contribution in [0.4, 0.5) is 11.4 Å². The minimum Gasteiger partial charge on any atom is -0.378 e. The Hall–Kier alpha value is -2.38. The van der Waals surface area contributed by atoms with E-state index in [2.05, 4.69) is 5.32 Å². The predicted molar refractivity (Wildman–Crippen MR) is 107 cm³/mol. The van der Waals surface area contributed by atoms with Crippen LogP contribution in [0, 0.1) is 0 Å². The Bertz CT molecular complexity index is 937. The topological polar surface area (TPSA) is 69.7 Å². The van der Waals surface area contributed by atoms with E-state index < -0.39 is 10.0 Å². The number of rotatable bonds is 6. The first-order valence-corrected chi connectivity index (χ1v) is 10.4. The third-order valence-corrected chi connectivity index (χ3v) is 6.69. The number of carbonyl (C=O) groups excluding carboxylic acids is 1. The van der Waals surface area contributed by atoms with Crippen molar-refractivity contribution in [3.05, 3.63) is 53.6 Å². The number of amides is 1. The summed E-state index contributed by atoms with van der Waals surface area (Å²) in [5.74, 6) is -0.0329. The van der Waals surface area contributed by atoms with Crippen LogP contribution in [0.2, 0.25) is 0 Å². The number of nitrogens with zero attached hydrogens (tertiary/aromatic N) is 2. The van der Waals surface area contributed by atoms with Crippen molar-refractivity contribution in [2.45, 2.75) is 31.2 Å². The molecular formula is C20H25N3O3S. The summed E-state index contributed by atoms with van der Waals surface area (Å²) < 4.78 is 27.7. The van der Waals surface area contributed by atoms with Gasteiger partial charge in [0.05, 0.1) is 4.90 Å². The fraction of sp³-hybridized carbons (Fsp3) is 0.350. The van der Waals surface area contributed by atoms with Crippen LogP contribution in [-0.4, -0.2) is 39.3 Å². The van der Waals surface area contributed by atoms with Crippen molar-refractivity contribution in [1.29, 1.82) is 0 Å². The van der Waals surface area contributed by atoms with E-state index in [-0.39, 0.29) is 10.8 Å². The first-order valence-electron chi connectivity index (χ1n) is 9.00. The molecular weight excluding hydrogens is 362 g/mol. The molecule has 0 spiro atoms. The second kappa shape index (κ2) is 7.70. The molecule has 1 aliphatic heterocycles. The lowest BCUT2D eigenvalue weighted by atomic mass is 10.0. The van der Waals surface area contributed by atoms with E-state index in [4.69, 9.17) is 0 Å². The van der Waals surface area contributed by atoms with Crippen molar-refractivity contribution in [1.82, 2.24) is 4.31 Å². The Morgan fingerprint density at radius 2 is 1.74 bits per heavy atom. The van der Waals surface area contributed by atoms with Gasteiger partial charge in [-0.1, -0.05) is 19.1 Å². The molecule has 27 heavy (non-hydrogen) atoms. The Balaban J connectivity index is 1.84. The van der Waals surface area contributed by atoms with Crippen LogP contribution >= 0.6 is 0 Å². The predicted octanol–water partition coefficient (Wildman–Crippen LogP) is 2.85. The van der Waals surface area contributed by atoms with Crippen LogP contribution in [-0.2, 0) is 27.8 Å². The molecule has 0 bridgehead atoms. The number of carbonyl (C=O) groups is 1. The number of fused-ring (bicyclic) bond motifs is 1. The van der Waals surface area contributed by atoms with E-state index in [1.54, 1.807) is 18.2 Å². The highest BCUT2D eigenvalue weighted by Crippen LogP contribution is 2.27. The van der Waals surface area contributed by atoms with Crippen LogP contribution in [0.3, 0.4) is 0 Å². The van der Waals surface area contributed by atoms with Gasteiger partial charge < -0.3 is 10.2 Å². The van der Waals surface area contributed by atoms with Crippen LogP contribution in [0.5, 0.6) is 0 Å². The molecule has 1 amide bonds. The molecule has 144 valence electrons. The SMILES string of the molecule is CCN(Cc1ccc(N(C)C)cc1)S(=O)(=O)c1ccc2c(c1)CCC(=O)N2. The number of benzene rings is 2. The van der Waals surface area contributed by atoms with Crippen LogP contribution in [0.15, 0.2) is 47.4 Å². The van der Waals surface area contributed by atoms with Gasteiger partial charge in [-0.25, -0.2) is 8.42 Å². The molecule has 0 unspecified atom stereocenters. The van der Waals surface area contributed by atoms with Crippen molar-refractivity contribution in [3.63, 3.8) is 0 Å². The third-order valence-electron chi connectivity index (χ3n) is 4.77. The van der Waals surface area contributed by atoms with E-state index >= 15 is 0 Å². The fourth-order valence-corrected chi connectivity index (χ4v) is 4.63. The molecule has 7 heteroatoms. The minimum atomic E-state index is -3.61. The van der Waals surface area contributed by atoms with Crippen molar-refractivity contribution in [3.8, 4) is 0 Å². The Morgan fingerprint density at radius 1 is 1.04 bits per heavy atom. The molecule has 3 rings (SSSR count). The minimum absolute atomic E-state index is 0.0329. The van der Waals surface area contributed by atoms with Gasteiger partial charge >= 0.3 is 0 Å². The number of anilines is 2. The second-order valence-corrected chi connectivity index (χ2v) is 8.80. The first kappa shape index (κ1) is 19.4. The van der Waals surface area contributed by atoms with E-state index in [9.17, 15) is 13.2 Å².